The maximum absolute atomic E-state index is 13.2. The van der Waals surface area contributed by atoms with Crippen LogP contribution in [0, 0.1) is 0 Å². The Bertz CT molecular complexity index is 1220. The number of carbonyl (C=O) groups excluding carboxylic acids is 3. The largest absolute Gasteiger partial charge is 0.488 e. The lowest BCUT2D eigenvalue weighted by atomic mass is 9.89. The number of Topliss-reactive ketones (excluding diaryl/α,β-unsaturated/α-hetero) is 1. The van der Waals surface area contributed by atoms with E-state index in [-0.39, 0.29) is 17.8 Å². The highest BCUT2D eigenvalue weighted by Gasteiger charge is 2.45. The molecule has 0 bridgehead atoms. The molecule has 0 spiro atoms. The Morgan fingerprint density at radius 1 is 1.07 bits per heavy atom. The molecule has 1 atom stereocenters. The summed E-state index contributed by atoms with van der Waals surface area (Å²) in [6.07, 6.45) is 1.28. The molecule has 2 amide bonds. The summed E-state index contributed by atoms with van der Waals surface area (Å²) in [6.45, 7) is 4.15. The Labute approximate surface area is 177 Å². The van der Waals surface area contributed by atoms with E-state index in [1.165, 1.54) is 4.70 Å². The van der Waals surface area contributed by atoms with Gasteiger partial charge in [-0.3, -0.25) is 19.3 Å². The highest BCUT2D eigenvalue weighted by Crippen LogP contribution is 2.36. The van der Waals surface area contributed by atoms with Crippen LogP contribution in [0.15, 0.2) is 60.0 Å². The van der Waals surface area contributed by atoms with Gasteiger partial charge in [-0.2, -0.15) is 0 Å². The molecule has 3 aromatic rings. The average molecular weight is 417 g/mol. The number of amides is 2. The molecule has 2 aromatic carbocycles. The fourth-order valence-corrected chi connectivity index (χ4v) is 5.15. The Hall–Kier alpha value is -3.25. The first kappa shape index (κ1) is 18.8. The Morgan fingerprint density at radius 2 is 1.90 bits per heavy atom. The third kappa shape index (κ3) is 2.95. The number of hydrogen-bond donors (Lipinski definition) is 0. The van der Waals surface area contributed by atoms with Crippen molar-refractivity contribution in [3.8, 4) is 5.75 Å². The number of thiophene rings is 1. The van der Waals surface area contributed by atoms with Crippen molar-refractivity contribution < 1.29 is 19.1 Å². The summed E-state index contributed by atoms with van der Waals surface area (Å²) in [4.78, 5) is 39.8. The standard InChI is InChI=1S/C24H19NO4S/c1-14-9-10-18(19(26)11-14)25-23(27)17-6-4-7-20(22(17)24(25)28)29-12-15-13-30-21-8-3-2-5-16(15)21/h2-8,13,18H,1,9-12H2. The number of nitrogens with zero attached hydrogens (tertiary/aromatic N) is 1. The van der Waals surface area contributed by atoms with Gasteiger partial charge in [-0.25, -0.2) is 0 Å². The zero-order valence-corrected chi connectivity index (χ0v) is 17.0. The summed E-state index contributed by atoms with van der Waals surface area (Å²) >= 11 is 1.64. The third-order valence-electron chi connectivity index (χ3n) is 5.73. The highest BCUT2D eigenvalue weighted by atomic mass is 32.1. The number of carbonyl (C=O) groups is 3. The maximum Gasteiger partial charge on any atom is 0.266 e. The number of benzene rings is 2. The van der Waals surface area contributed by atoms with Crippen molar-refractivity contribution >= 4 is 39.0 Å². The van der Waals surface area contributed by atoms with Gasteiger partial charge in [0.05, 0.1) is 17.2 Å². The predicted molar refractivity (Wildman–Crippen MR) is 115 cm³/mol. The summed E-state index contributed by atoms with van der Waals surface area (Å²) in [7, 11) is 0. The number of ketones is 1. The molecule has 6 heteroatoms. The summed E-state index contributed by atoms with van der Waals surface area (Å²) in [6, 6.07) is 12.4. The molecule has 0 saturated heterocycles. The SMILES string of the molecule is C=C1CCC(N2C(=O)c3cccc(OCc4csc5ccccc45)c3C2=O)C(=O)C1. The van der Waals surface area contributed by atoms with Gasteiger partial charge in [-0.05, 0) is 41.8 Å². The van der Waals surface area contributed by atoms with Crippen LogP contribution in [-0.2, 0) is 11.4 Å². The first-order valence-electron chi connectivity index (χ1n) is 9.83. The van der Waals surface area contributed by atoms with E-state index in [1.807, 2.05) is 23.6 Å². The average Bonchev–Trinajstić information content (AvgIpc) is 3.26. The number of rotatable bonds is 4. The van der Waals surface area contributed by atoms with Crippen molar-refractivity contribution in [3.05, 3.63) is 76.7 Å². The minimum atomic E-state index is -0.725. The van der Waals surface area contributed by atoms with Crippen LogP contribution in [0.5, 0.6) is 5.75 Å². The van der Waals surface area contributed by atoms with Crippen LogP contribution in [0.25, 0.3) is 10.1 Å². The molecule has 0 N–H and O–H groups in total. The van der Waals surface area contributed by atoms with Crippen LogP contribution in [0.1, 0.15) is 45.5 Å². The molecule has 0 radical (unpaired) electrons. The molecule has 1 saturated carbocycles. The van der Waals surface area contributed by atoms with E-state index in [0.717, 1.165) is 21.4 Å². The van der Waals surface area contributed by atoms with E-state index in [4.69, 9.17) is 4.74 Å². The van der Waals surface area contributed by atoms with Gasteiger partial charge in [-0.15, -0.1) is 11.3 Å². The van der Waals surface area contributed by atoms with E-state index < -0.39 is 17.9 Å². The number of fused-ring (bicyclic) bond motifs is 2. The summed E-state index contributed by atoms with van der Waals surface area (Å²) in [5.74, 6) is -0.636. The zero-order valence-electron chi connectivity index (χ0n) is 16.2. The molecule has 2 aliphatic rings. The Morgan fingerprint density at radius 3 is 2.73 bits per heavy atom. The van der Waals surface area contributed by atoms with Crippen LogP contribution in [-0.4, -0.2) is 28.5 Å². The highest BCUT2D eigenvalue weighted by molar-refractivity contribution is 7.17. The molecular formula is C24H19NO4S. The first-order valence-corrected chi connectivity index (χ1v) is 10.7. The van der Waals surface area contributed by atoms with E-state index in [0.29, 0.717) is 30.8 Å². The van der Waals surface area contributed by atoms with Crippen molar-refractivity contribution in [2.75, 3.05) is 0 Å². The molecule has 30 heavy (non-hydrogen) atoms. The van der Waals surface area contributed by atoms with Gasteiger partial charge < -0.3 is 4.74 Å². The Kier molecular flexibility index (Phi) is 4.51. The molecule has 1 aliphatic carbocycles. The van der Waals surface area contributed by atoms with Crippen LogP contribution < -0.4 is 4.74 Å². The number of hydrogen-bond acceptors (Lipinski definition) is 5. The van der Waals surface area contributed by atoms with Crippen molar-refractivity contribution in [3.63, 3.8) is 0 Å². The normalized spacial score (nSPS) is 18.9. The molecule has 150 valence electrons. The molecule has 1 aliphatic heterocycles. The minimum Gasteiger partial charge on any atom is -0.488 e. The van der Waals surface area contributed by atoms with Crippen molar-refractivity contribution in [2.45, 2.75) is 31.9 Å². The number of imide groups is 1. The fourth-order valence-electron chi connectivity index (χ4n) is 4.20. The molecule has 5 rings (SSSR count). The van der Waals surface area contributed by atoms with Crippen LogP contribution in [0.2, 0.25) is 0 Å². The lowest BCUT2D eigenvalue weighted by molar-refractivity contribution is -0.123. The summed E-state index contributed by atoms with van der Waals surface area (Å²) in [5, 5.41) is 3.16. The minimum absolute atomic E-state index is 0.132. The van der Waals surface area contributed by atoms with Crippen LogP contribution >= 0.6 is 11.3 Å². The smallest absolute Gasteiger partial charge is 0.266 e. The second-order valence-electron chi connectivity index (χ2n) is 7.65. The quantitative estimate of drug-likeness (QED) is 0.454. The number of allylic oxidation sites excluding steroid dienone is 1. The topological polar surface area (TPSA) is 63.7 Å². The molecule has 1 aromatic heterocycles. The van der Waals surface area contributed by atoms with E-state index in [2.05, 4.69) is 12.6 Å². The van der Waals surface area contributed by atoms with Gasteiger partial charge in [0.2, 0.25) is 0 Å². The molecular weight excluding hydrogens is 398 g/mol. The second kappa shape index (κ2) is 7.22. The second-order valence-corrected chi connectivity index (χ2v) is 8.56. The summed E-state index contributed by atoms with van der Waals surface area (Å²) < 4.78 is 7.18. The van der Waals surface area contributed by atoms with Crippen molar-refractivity contribution in [2.24, 2.45) is 0 Å². The molecule has 1 unspecified atom stereocenters. The zero-order chi connectivity index (χ0) is 20.8. The molecule has 5 nitrogen and oxygen atoms in total. The van der Waals surface area contributed by atoms with Crippen LogP contribution in [0.4, 0.5) is 0 Å². The molecule has 2 heterocycles. The lowest BCUT2D eigenvalue weighted by Crippen LogP contribution is -2.46. The maximum atomic E-state index is 13.2. The number of ether oxygens (including phenoxy) is 1. The van der Waals surface area contributed by atoms with Gasteiger partial charge in [0, 0.05) is 16.7 Å². The summed E-state index contributed by atoms with van der Waals surface area (Å²) in [5.41, 5.74) is 2.42. The van der Waals surface area contributed by atoms with E-state index in [1.54, 1.807) is 29.5 Å². The van der Waals surface area contributed by atoms with Gasteiger partial charge >= 0.3 is 0 Å². The van der Waals surface area contributed by atoms with E-state index in [9.17, 15) is 14.4 Å². The lowest BCUT2D eigenvalue weighted by Gasteiger charge is -2.29. The van der Waals surface area contributed by atoms with E-state index >= 15 is 0 Å². The van der Waals surface area contributed by atoms with Gasteiger partial charge in [0.25, 0.3) is 11.8 Å². The monoisotopic (exact) mass is 417 g/mol. The molecule has 1 fully saturated rings. The van der Waals surface area contributed by atoms with Gasteiger partial charge in [0.15, 0.2) is 5.78 Å². The predicted octanol–water partition coefficient (Wildman–Crippen LogP) is 4.75. The Balaban J connectivity index is 1.43. The van der Waals surface area contributed by atoms with Crippen LogP contribution in [0.3, 0.4) is 0 Å². The first-order chi connectivity index (χ1) is 14.5. The van der Waals surface area contributed by atoms with Crippen molar-refractivity contribution in [1.29, 1.82) is 0 Å². The third-order valence-corrected chi connectivity index (χ3v) is 6.74. The fraction of sp³-hybridized carbons (Fsp3) is 0.208. The van der Waals surface area contributed by atoms with Gasteiger partial charge in [0.1, 0.15) is 12.4 Å². The van der Waals surface area contributed by atoms with Gasteiger partial charge in [-0.1, -0.05) is 36.4 Å². The van der Waals surface area contributed by atoms with Crippen molar-refractivity contribution in [1.82, 2.24) is 4.90 Å².